The summed E-state index contributed by atoms with van der Waals surface area (Å²) in [5.74, 6) is 2.87. The van der Waals surface area contributed by atoms with Crippen molar-refractivity contribution in [3.05, 3.63) is 59.2 Å². The number of aryl methyl sites for hydroxylation is 1. The molecule has 0 spiro atoms. The average Bonchev–Trinajstić information content (AvgIpc) is 2.70. The van der Waals surface area contributed by atoms with Crippen LogP contribution in [0.4, 0.5) is 0 Å². The van der Waals surface area contributed by atoms with Crippen LogP contribution in [0, 0.1) is 6.92 Å². The van der Waals surface area contributed by atoms with Crippen LogP contribution in [-0.4, -0.2) is 33.3 Å². The molecule has 0 heterocycles. The molecule has 5 heteroatoms. The zero-order valence-corrected chi connectivity index (χ0v) is 17.0. The molecule has 2 N–H and O–H groups in total. The Hall–Kier alpha value is -2.69. The molecule has 0 aliphatic carbocycles. The Balaban J connectivity index is 2.05. The fourth-order valence-corrected chi connectivity index (χ4v) is 2.92. The Morgan fingerprint density at radius 2 is 1.78 bits per heavy atom. The second-order valence-corrected chi connectivity index (χ2v) is 6.53. The third kappa shape index (κ3) is 5.91. The zero-order valence-electron chi connectivity index (χ0n) is 17.0. The standard InChI is InChI=1S/C22H31N3O2/c1-6-23-22(25-15-18-12-11-16(2)13-21(18)27-5)24-14-17(3)19-9-7-8-10-20(19)26-4/h7-13,17H,6,14-15H2,1-5H3,(H2,23,24,25). The van der Waals surface area contributed by atoms with Gasteiger partial charge in [-0.2, -0.15) is 0 Å². The van der Waals surface area contributed by atoms with Crippen LogP contribution in [0.1, 0.15) is 36.5 Å². The highest BCUT2D eigenvalue weighted by Crippen LogP contribution is 2.25. The molecule has 2 aromatic carbocycles. The molecule has 0 radical (unpaired) electrons. The zero-order chi connectivity index (χ0) is 19.6. The second-order valence-electron chi connectivity index (χ2n) is 6.53. The molecule has 2 rings (SSSR count). The first-order valence-corrected chi connectivity index (χ1v) is 9.37. The maximum Gasteiger partial charge on any atom is 0.191 e. The van der Waals surface area contributed by atoms with Gasteiger partial charge < -0.3 is 20.1 Å². The van der Waals surface area contributed by atoms with Crippen LogP contribution in [0.3, 0.4) is 0 Å². The van der Waals surface area contributed by atoms with Crippen molar-refractivity contribution in [3.63, 3.8) is 0 Å². The van der Waals surface area contributed by atoms with E-state index in [4.69, 9.17) is 14.5 Å². The normalized spacial score (nSPS) is 12.4. The quantitative estimate of drug-likeness (QED) is 0.548. The van der Waals surface area contributed by atoms with Gasteiger partial charge in [0.1, 0.15) is 11.5 Å². The maximum atomic E-state index is 5.48. The number of ether oxygens (including phenoxy) is 2. The first-order valence-electron chi connectivity index (χ1n) is 9.37. The molecule has 5 nitrogen and oxygen atoms in total. The summed E-state index contributed by atoms with van der Waals surface area (Å²) in [6, 6.07) is 14.3. The first kappa shape index (κ1) is 20.6. The lowest BCUT2D eigenvalue weighted by Crippen LogP contribution is -2.39. The van der Waals surface area contributed by atoms with Crippen molar-refractivity contribution in [2.24, 2.45) is 4.99 Å². The monoisotopic (exact) mass is 369 g/mol. The van der Waals surface area contributed by atoms with Gasteiger partial charge in [-0.05, 0) is 37.1 Å². The summed E-state index contributed by atoms with van der Waals surface area (Å²) in [5, 5.41) is 6.74. The predicted molar refractivity (Wildman–Crippen MR) is 112 cm³/mol. The summed E-state index contributed by atoms with van der Waals surface area (Å²) in [6.07, 6.45) is 0. The first-order chi connectivity index (χ1) is 13.1. The molecule has 27 heavy (non-hydrogen) atoms. The van der Waals surface area contributed by atoms with Gasteiger partial charge in [-0.1, -0.05) is 37.3 Å². The Morgan fingerprint density at radius 3 is 2.48 bits per heavy atom. The van der Waals surface area contributed by atoms with Gasteiger partial charge in [0, 0.05) is 24.6 Å². The summed E-state index contributed by atoms with van der Waals surface area (Å²) in [4.78, 5) is 4.71. The molecule has 0 amide bonds. The van der Waals surface area contributed by atoms with Gasteiger partial charge >= 0.3 is 0 Å². The molecule has 1 unspecified atom stereocenters. The van der Waals surface area contributed by atoms with Crippen LogP contribution in [0.15, 0.2) is 47.5 Å². The minimum absolute atomic E-state index is 0.291. The highest BCUT2D eigenvalue weighted by Gasteiger charge is 2.11. The smallest absolute Gasteiger partial charge is 0.191 e. The molecule has 0 aromatic heterocycles. The molecule has 2 aromatic rings. The number of methoxy groups -OCH3 is 2. The molecule has 0 bridgehead atoms. The highest BCUT2D eigenvalue weighted by molar-refractivity contribution is 5.79. The van der Waals surface area contributed by atoms with Gasteiger partial charge in [-0.25, -0.2) is 4.99 Å². The number of guanidine groups is 1. The van der Waals surface area contributed by atoms with Crippen molar-refractivity contribution in [2.45, 2.75) is 33.2 Å². The summed E-state index contributed by atoms with van der Waals surface area (Å²) >= 11 is 0. The van der Waals surface area contributed by atoms with E-state index >= 15 is 0 Å². The summed E-state index contributed by atoms with van der Waals surface area (Å²) in [7, 11) is 3.40. The molecule has 0 fully saturated rings. The van der Waals surface area contributed by atoms with E-state index in [0.29, 0.717) is 12.5 Å². The lowest BCUT2D eigenvalue weighted by Gasteiger charge is -2.18. The van der Waals surface area contributed by atoms with Crippen molar-refractivity contribution < 1.29 is 9.47 Å². The van der Waals surface area contributed by atoms with E-state index in [1.54, 1.807) is 14.2 Å². The Morgan fingerprint density at radius 1 is 1.04 bits per heavy atom. The van der Waals surface area contributed by atoms with E-state index in [2.05, 4.69) is 49.6 Å². The number of nitrogens with one attached hydrogen (secondary N) is 2. The minimum Gasteiger partial charge on any atom is -0.496 e. The number of hydrogen-bond donors (Lipinski definition) is 2. The van der Waals surface area contributed by atoms with Gasteiger partial charge in [0.2, 0.25) is 0 Å². The van der Waals surface area contributed by atoms with Crippen LogP contribution in [0.25, 0.3) is 0 Å². The van der Waals surface area contributed by atoms with Gasteiger partial charge in [-0.15, -0.1) is 0 Å². The van der Waals surface area contributed by atoms with Crippen molar-refractivity contribution in [1.82, 2.24) is 10.6 Å². The van der Waals surface area contributed by atoms with Crippen LogP contribution >= 0.6 is 0 Å². The van der Waals surface area contributed by atoms with Crippen LogP contribution in [-0.2, 0) is 6.54 Å². The molecule has 0 saturated heterocycles. The lowest BCUT2D eigenvalue weighted by atomic mass is 10.0. The van der Waals surface area contributed by atoms with Crippen molar-refractivity contribution in [2.75, 3.05) is 27.3 Å². The topological polar surface area (TPSA) is 54.9 Å². The van der Waals surface area contributed by atoms with Gasteiger partial charge in [0.25, 0.3) is 0 Å². The largest absolute Gasteiger partial charge is 0.496 e. The minimum atomic E-state index is 0.291. The van der Waals surface area contributed by atoms with Crippen LogP contribution in [0.5, 0.6) is 11.5 Å². The van der Waals surface area contributed by atoms with E-state index in [1.807, 2.05) is 24.3 Å². The summed E-state index contributed by atoms with van der Waals surface area (Å²) < 4.78 is 10.9. The number of benzene rings is 2. The van der Waals surface area contributed by atoms with Crippen molar-refractivity contribution in [3.8, 4) is 11.5 Å². The number of nitrogens with zero attached hydrogens (tertiary/aromatic N) is 1. The van der Waals surface area contributed by atoms with E-state index in [1.165, 1.54) is 11.1 Å². The number of aliphatic imine (C=N–C) groups is 1. The van der Waals surface area contributed by atoms with Crippen molar-refractivity contribution in [1.29, 1.82) is 0 Å². The maximum absolute atomic E-state index is 5.48. The van der Waals surface area contributed by atoms with E-state index in [0.717, 1.165) is 36.1 Å². The van der Waals surface area contributed by atoms with Crippen molar-refractivity contribution >= 4 is 5.96 Å². The highest BCUT2D eigenvalue weighted by atomic mass is 16.5. The molecule has 0 aliphatic heterocycles. The third-order valence-corrected chi connectivity index (χ3v) is 4.44. The average molecular weight is 370 g/mol. The van der Waals surface area contributed by atoms with E-state index < -0.39 is 0 Å². The van der Waals surface area contributed by atoms with Gasteiger partial charge in [0.15, 0.2) is 5.96 Å². The van der Waals surface area contributed by atoms with E-state index in [9.17, 15) is 0 Å². The predicted octanol–water partition coefficient (Wildman–Crippen LogP) is 3.87. The van der Waals surface area contributed by atoms with Gasteiger partial charge in [-0.3, -0.25) is 0 Å². The number of para-hydroxylation sites is 1. The van der Waals surface area contributed by atoms with E-state index in [-0.39, 0.29) is 0 Å². The summed E-state index contributed by atoms with van der Waals surface area (Å²) in [5.41, 5.74) is 3.43. The fraction of sp³-hybridized carbons (Fsp3) is 0.409. The SMILES string of the molecule is CCNC(=NCc1ccc(C)cc1OC)NCC(C)c1ccccc1OC. The van der Waals surface area contributed by atoms with Crippen LogP contribution in [0.2, 0.25) is 0 Å². The lowest BCUT2D eigenvalue weighted by molar-refractivity contribution is 0.406. The third-order valence-electron chi connectivity index (χ3n) is 4.44. The molecular weight excluding hydrogens is 338 g/mol. The second kappa shape index (κ2) is 10.5. The Labute approximate surface area is 162 Å². The Kier molecular flexibility index (Phi) is 7.99. The van der Waals surface area contributed by atoms with Gasteiger partial charge in [0.05, 0.1) is 20.8 Å². The van der Waals surface area contributed by atoms with Crippen LogP contribution < -0.4 is 20.1 Å². The molecular formula is C22H31N3O2. The molecule has 1 atom stereocenters. The Bertz CT molecular complexity index is 759. The fourth-order valence-electron chi connectivity index (χ4n) is 2.92. The summed E-state index contributed by atoms with van der Waals surface area (Å²) in [6.45, 7) is 8.42. The molecule has 146 valence electrons. The molecule has 0 saturated carbocycles. The molecule has 0 aliphatic rings. The number of hydrogen-bond acceptors (Lipinski definition) is 3. The number of rotatable bonds is 8.